The van der Waals surface area contributed by atoms with Crippen LogP contribution in [0.1, 0.15) is 21.3 Å². The van der Waals surface area contributed by atoms with Crippen LogP contribution in [0.5, 0.6) is 0 Å². The number of carbonyl (C=O) groups excluding carboxylic acids is 1. The second-order valence-electron chi connectivity index (χ2n) is 5.65. The molecule has 0 saturated heterocycles. The van der Waals surface area contributed by atoms with Crippen LogP contribution in [0.15, 0.2) is 51.7 Å². The van der Waals surface area contributed by atoms with Gasteiger partial charge in [-0.1, -0.05) is 0 Å². The van der Waals surface area contributed by atoms with Crippen molar-refractivity contribution in [1.82, 2.24) is 9.97 Å². The molecule has 5 nitrogen and oxygen atoms in total. The van der Waals surface area contributed by atoms with E-state index in [2.05, 4.69) is 9.97 Å². The standard InChI is InChI=1S/C19H13FN2O3S2/c1-11-17(27-18(22-11)13-6-7-26-10-13)19(23)24-9-16-21-8-15(25-16)12-2-4-14(20)5-3-12/h2-8,10H,9H2,1H3. The predicted molar refractivity (Wildman–Crippen MR) is 101 cm³/mol. The monoisotopic (exact) mass is 400 g/mol. The van der Waals surface area contributed by atoms with Gasteiger partial charge in [0.25, 0.3) is 0 Å². The number of ether oxygens (including phenoxy) is 1. The van der Waals surface area contributed by atoms with Crippen LogP contribution in [0.25, 0.3) is 21.9 Å². The summed E-state index contributed by atoms with van der Waals surface area (Å²) in [6.45, 7) is 1.69. The first-order chi connectivity index (χ1) is 13.1. The first-order valence-corrected chi connectivity index (χ1v) is 9.74. The molecule has 0 spiro atoms. The van der Waals surface area contributed by atoms with Gasteiger partial charge in [-0.25, -0.2) is 19.2 Å². The molecule has 0 aliphatic heterocycles. The largest absolute Gasteiger partial charge is 0.451 e. The smallest absolute Gasteiger partial charge is 0.350 e. The van der Waals surface area contributed by atoms with Crippen LogP contribution in [0, 0.1) is 12.7 Å². The minimum absolute atomic E-state index is 0.0921. The second kappa shape index (κ2) is 7.42. The number of hydrogen-bond donors (Lipinski definition) is 0. The van der Waals surface area contributed by atoms with Crippen molar-refractivity contribution in [3.05, 3.63) is 69.6 Å². The van der Waals surface area contributed by atoms with Gasteiger partial charge < -0.3 is 9.15 Å². The van der Waals surface area contributed by atoms with Crippen molar-refractivity contribution in [2.24, 2.45) is 0 Å². The topological polar surface area (TPSA) is 65.2 Å². The molecule has 0 bridgehead atoms. The molecular formula is C19H13FN2O3S2. The highest BCUT2D eigenvalue weighted by atomic mass is 32.1. The Labute approximate surface area is 162 Å². The van der Waals surface area contributed by atoms with Crippen LogP contribution >= 0.6 is 22.7 Å². The van der Waals surface area contributed by atoms with Crippen LogP contribution in [0.2, 0.25) is 0 Å². The molecule has 0 atom stereocenters. The molecule has 0 unspecified atom stereocenters. The molecule has 4 rings (SSSR count). The van der Waals surface area contributed by atoms with E-state index in [0.717, 1.165) is 10.6 Å². The number of oxazole rings is 1. The lowest BCUT2D eigenvalue weighted by molar-refractivity contribution is 0.0443. The summed E-state index contributed by atoms with van der Waals surface area (Å²) in [6, 6.07) is 7.84. The van der Waals surface area contributed by atoms with Crippen molar-refractivity contribution in [2.45, 2.75) is 13.5 Å². The molecule has 1 aromatic carbocycles. The van der Waals surface area contributed by atoms with Crippen LogP contribution in [-0.4, -0.2) is 15.9 Å². The van der Waals surface area contributed by atoms with Crippen molar-refractivity contribution in [3.8, 4) is 21.9 Å². The minimum atomic E-state index is -0.465. The molecular weight excluding hydrogens is 387 g/mol. The van der Waals surface area contributed by atoms with E-state index >= 15 is 0 Å². The molecule has 27 heavy (non-hydrogen) atoms. The highest BCUT2D eigenvalue weighted by Gasteiger charge is 2.19. The first kappa shape index (κ1) is 17.6. The van der Waals surface area contributed by atoms with E-state index < -0.39 is 5.97 Å². The zero-order chi connectivity index (χ0) is 18.8. The zero-order valence-corrected chi connectivity index (χ0v) is 15.8. The van der Waals surface area contributed by atoms with Crippen molar-refractivity contribution < 1.29 is 18.3 Å². The lowest BCUT2D eigenvalue weighted by atomic mass is 10.2. The summed E-state index contributed by atoms with van der Waals surface area (Å²) in [7, 11) is 0. The average Bonchev–Trinajstić information content (AvgIpc) is 3.41. The molecule has 0 radical (unpaired) electrons. The van der Waals surface area contributed by atoms with E-state index in [1.54, 1.807) is 30.4 Å². The zero-order valence-electron chi connectivity index (χ0n) is 14.1. The lowest BCUT2D eigenvalue weighted by Crippen LogP contribution is -2.05. The van der Waals surface area contributed by atoms with E-state index in [1.165, 1.54) is 29.7 Å². The number of thiophene rings is 1. The molecule has 3 heterocycles. The molecule has 0 aliphatic rings. The van der Waals surface area contributed by atoms with Crippen molar-refractivity contribution in [1.29, 1.82) is 0 Å². The Bertz CT molecular complexity index is 1070. The molecule has 0 N–H and O–H groups in total. The summed E-state index contributed by atoms with van der Waals surface area (Å²) in [5.41, 5.74) is 2.31. The lowest BCUT2D eigenvalue weighted by Gasteiger charge is -2.00. The summed E-state index contributed by atoms with van der Waals surface area (Å²) < 4.78 is 23.9. The molecule has 0 amide bonds. The summed E-state index contributed by atoms with van der Waals surface area (Å²) >= 11 is 2.87. The number of thiazole rings is 1. The van der Waals surface area contributed by atoms with E-state index in [1.807, 2.05) is 16.8 Å². The number of benzene rings is 1. The molecule has 8 heteroatoms. The fraction of sp³-hybridized carbons (Fsp3) is 0.105. The van der Waals surface area contributed by atoms with Crippen LogP contribution in [-0.2, 0) is 11.3 Å². The fourth-order valence-corrected chi connectivity index (χ4v) is 4.08. The number of nitrogens with zero attached hydrogens (tertiary/aromatic N) is 2. The van der Waals surface area contributed by atoms with Crippen molar-refractivity contribution >= 4 is 28.6 Å². The Kier molecular flexibility index (Phi) is 4.83. The Morgan fingerprint density at radius 3 is 2.78 bits per heavy atom. The molecule has 4 aromatic rings. The van der Waals surface area contributed by atoms with Gasteiger partial charge in [0.1, 0.15) is 15.7 Å². The van der Waals surface area contributed by atoms with Crippen LogP contribution in [0.3, 0.4) is 0 Å². The Hall–Kier alpha value is -2.84. The Morgan fingerprint density at radius 1 is 1.22 bits per heavy atom. The number of carbonyl (C=O) groups is 1. The second-order valence-corrected chi connectivity index (χ2v) is 7.43. The van der Waals surface area contributed by atoms with E-state index in [4.69, 9.17) is 9.15 Å². The Balaban J connectivity index is 1.43. The van der Waals surface area contributed by atoms with Gasteiger partial charge in [0.15, 0.2) is 12.4 Å². The van der Waals surface area contributed by atoms with Gasteiger partial charge in [0, 0.05) is 16.5 Å². The van der Waals surface area contributed by atoms with Crippen LogP contribution < -0.4 is 0 Å². The number of halogens is 1. The summed E-state index contributed by atoms with van der Waals surface area (Å²) in [5.74, 6) is -0.0418. The van der Waals surface area contributed by atoms with Crippen molar-refractivity contribution in [3.63, 3.8) is 0 Å². The number of hydrogen-bond acceptors (Lipinski definition) is 7. The molecule has 0 fully saturated rings. The predicted octanol–water partition coefficient (Wildman–Crippen LogP) is 5.33. The molecule has 3 aromatic heterocycles. The number of aryl methyl sites for hydroxylation is 1. The van der Waals surface area contributed by atoms with Gasteiger partial charge in [-0.15, -0.1) is 11.3 Å². The fourth-order valence-electron chi connectivity index (χ4n) is 2.41. The normalized spacial score (nSPS) is 10.9. The maximum atomic E-state index is 13.0. The molecule has 0 saturated carbocycles. The third-order valence-electron chi connectivity index (χ3n) is 3.76. The van der Waals surface area contributed by atoms with Gasteiger partial charge in [-0.2, -0.15) is 11.3 Å². The van der Waals surface area contributed by atoms with Gasteiger partial charge in [0.05, 0.1) is 11.9 Å². The van der Waals surface area contributed by atoms with Gasteiger partial charge in [-0.05, 0) is 42.6 Å². The average molecular weight is 400 g/mol. The van der Waals surface area contributed by atoms with Crippen molar-refractivity contribution in [2.75, 3.05) is 0 Å². The van der Waals surface area contributed by atoms with Gasteiger partial charge in [0.2, 0.25) is 5.89 Å². The number of aromatic nitrogens is 2. The third-order valence-corrected chi connectivity index (χ3v) is 5.63. The summed E-state index contributed by atoms with van der Waals surface area (Å²) in [4.78, 5) is 21.4. The Morgan fingerprint density at radius 2 is 2.04 bits per heavy atom. The number of esters is 1. The first-order valence-electron chi connectivity index (χ1n) is 7.98. The van der Waals surface area contributed by atoms with E-state index in [9.17, 15) is 9.18 Å². The van der Waals surface area contributed by atoms with E-state index in [-0.39, 0.29) is 18.3 Å². The number of rotatable bonds is 5. The highest BCUT2D eigenvalue weighted by Crippen LogP contribution is 2.30. The van der Waals surface area contributed by atoms with Gasteiger partial charge in [-0.3, -0.25) is 0 Å². The maximum Gasteiger partial charge on any atom is 0.350 e. The highest BCUT2D eigenvalue weighted by molar-refractivity contribution is 7.17. The molecule has 0 aliphatic carbocycles. The third kappa shape index (κ3) is 3.81. The maximum absolute atomic E-state index is 13.0. The summed E-state index contributed by atoms with van der Waals surface area (Å²) in [6.07, 6.45) is 1.52. The minimum Gasteiger partial charge on any atom is -0.451 e. The SMILES string of the molecule is Cc1nc(-c2ccsc2)sc1C(=O)OCc1ncc(-c2ccc(F)cc2)o1. The van der Waals surface area contributed by atoms with Gasteiger partial charge >= 0.3 is 5.97 Å². The molecule has 136 valence electrons. The van der Waals surface area contributed by atoms with Crippen LogP contribution in [0.4, 0.5) is 4.39 Å². The quantitative estimate of drug-likeness (QED) is 0.424. The van der Waals surface area contributed by atoms with E-state index in [0.29, 0.717) is 21.9 Å². The summed E-state index contributed by atoms with van der Waals surface area (Å²) in [5, 5.41) is 4.73.